The molecule has 0 radical (unpaired) electrons. The maximum atomic E-state index is 12.6. The zero-order valence-electron chi connectivity index (χ0n) is 16.8. The van der Waals surface area contributed by atoms with Crippen LogP contribution in [-0.4, -0.2) is 41.3 Å². The van der Waals surface area contributed by atoms with Crippen molar-refractivity contribution in [2.24, 2.45) is 5.92 Å². The summed E-state index contributed by atoms with van der Waals surface area (Å²) >= 11 is 0. The highest BCUT2D eigenvalue weighted by Crippen LogP contribution is 2.30. The zero-order valence-corrected chi connectivity index (χ0v) is 16.8. The number of halogens is 3. The van der Waals surface area contributed by atoms with Crippen molar-refractivity contribution in [3.8, 4) is 23.0 Å². The minimum atomic E-state index is -4.48. The number of benzene rings is 1. The highest BCUT2D eigenvalue weighted by atomic mass is 19.4. The molecule has 1 aromatic carbocycles. The fraction of sp³-hybridized carbons (Fsp3) is 0.250. The van der Waals surface area contributed by atoms with Crippen molar-refractivity contribution in [3.63, 3.8) is 0 Å². The molecule has 0 spiro atoms. The topological polar surface area (TPSA) is 114 Å². The molecule has 0 atom stereocenters. The van der Waals surface area contributed by atoms with Crippen LogP contribution in [0.1, 0.15) is 11.5 Å². The van der Waals surface area contributed by atoms with E-state index >= 15 is 0 Å². The minimum absolute atomic E-state index is 0.00994. The lowest BCUT2D eigenvalue weighted by molar-refractivity contribution is -0.159. The Labute approximate surface area is 179 Å². The summed E-state index contributed by atoms with van der Waals surface area (Å²) in [7, 11) is 2.28. The van der Waals surface area contributed by atoms with E-state index in [0.717, 1.165) is 26.4 Å². The lowest BCUT2D eigenvalue weighted by atomic mass is 10.1. The van der Waals surface area contributed by atoms with E-state index < -0.39 is 29.6 Å². The molecule has 0 saturated heterocycles. The third-order valence-corrected chi connectivity index (χ3v) is 4.22. The van der Waals surface area contributed by atoms with Gasteiger partial charge in [-0.25, -0.2) is 4.98 Å². The van der Waals surface area contributed by atoms with Crippen molar-refractivity contribution >= 4 is 11.9 Å². The fourth-order valence-electron chi connectivity index (χ4n) is 2.58. The molecule has 0 fully saturated rings. The van der Waals surface area contributed by atoms with Gasteiger partial charge in [0.05, 0.1) is 26.2 Å². The van der Waals surface area contributed by atoms with Crippen molar-refractivity contribution in [2.45, 2.75) is 12.6 Å². The second-order valence-electron chi connectivity index (χ2n) is 6.32. The Balaban J connectivity index is 1.68. The molecule has 0 unspecified atom stereocenters. The summed E-state index contributed by atoms with van der Waals surface area (Å²) < 4.78 is 57.5. The van der Waals surface area contributed by atoms with Crippen LogP contribution in [0.4, 0.5) is 13.2 Å². The molecule has 0 saturated carbocycles. The Morgan fingerprint density at radius 2 is 1.69 bits per heavy atom. The van der Waals surface area contributed by atoms with E-state index in [1.807, 2.05) is 0 Å². The molecule has 2 aromatic heterocycles. The molecule has 3 rings (SSSR count). The number of hydrogen-bond donors (Lipinski definition) is 0. The van der Waals surface area contributed by atoms with Gasteiger partial charge in [0.1, 0.15) is 5.75 Å². The van der Waals surface area contributed by atoms with Gasteiger partial charge in [-0.2, -0.15) is 18.2 Å². The summed E-state index contributed by atoms with van der Waals surface area (Å²) in [6.07, 6.45) is -4.00. The lowest BCUT2D eigenvalue weighted by Crippen LogP contribution is -2.28. The third-order valence-electron chi connectivity index (χ3n) is 4.22. The van der Waals surface area contributed by atoms with Crippen molar-refractivity contribution in [3.05, 3.63) is 54.0 Å². The predicted octanol–water partition coefficient (Wildman–Crippen LogP) is 3.45. The Morgan fingerprint density at radius 1 is 1.03 bits per heavy atom. The monoisotopic (exact) mass is 451 g/mol. The van der Waals surface area contributed by atoms with Gasteiger partial charge in [-0.05, 0) is 30.3 Å². The molecule has 0 amide bonds. The molecule has 9 nitrogen and oxygen atoms in total. The molecular weight excluding hydrogens is 435 g/mol. The summed E-state index contributed by atoms with van der Waals surface area (Å²) in [6, 6.07) is 8.24. The van der Waals surface area contributed by atoms with Gasteiger partial charge >= 0.3 is 18.1 Å². The Hall–Kier alpha value is -3.96. The minimum Gasteiger partial charge on any atom is -0.468 e. The number of esters is 2. The number of rotatable bonds is 7. The van der Waals surface area contributed by atoms with Crippen molar-refractivity contribution in [1.29, 1.82) is 0 Å². The van der Waals surface area contributed by atoms with Crippen LogP contribution >= 0.6 is 0 Å². The molecule has 0 aliphatic heterocycles. The smallest absolute Gasteiger partial charge is 0.417 e. The van der Waals surface area contributed by atoms with Crippen LogP contribution in [0.3, 0.4) is 0 Å². The van der Waals surface area contributed by atoms with Crippen LogP contribution in [0.15, 0.2) is 47.1 Å². The first kappa shape index (κ1) is 22.7. The molecule has 12 heteroatoms. The molecule has 0 aliphatic rings. The average Bonchev–Trinajstić information content (AvgIpc) is 3.25. The molecule has 0 bridgehead atoms. The van der Waals surface area contributed by atoms with Crippen LogP contribution in [-0.2, 0) is 31.7 Å². The zero-order chi connectivity index (χ0) is 23.3. The quantitative estimate of drug-likeness (QED) is 0.394. The van der Waals surface area contributed by atoms with E-state index in [1.54, 1.807) is 12.1 Å². The number of nitrogens with zero attached hydrogens (tertiary/aromatic N) is 3. The van der Waals surface area contributed by atoms with Gasteiger partial charge in [0.25, 0.3) is 0 Å². The van der Waals surface area contributed by atoms with Crippen molar-refractivity contribution < 1.29 is 41.5 Å². The van der Waals surface area contributed by atoms with Gasteiger partial charge in [-0.15, -0.1) is 0 Å². The number of carbonyl (C=O) groups is 2. The largest absolute Gasteiger partial charge is 0.468 e. The van der Waals surface area contributed by atoms with Gasteiger partial charge < -0.3 is 18.7 Å². The van der Waals surface area contributed by atoms with Crippen molar-refractivity contribution in [1.82, 2.24) is 15.1 Å². The van der Waals surface area contributed by atoms with Crippen LogP contribution < -0.4 is 4.74 Å². The number of methoxy groups -OCH3 is 2. The van der Waals surface area contributed by atoms with E-state index in [9.17, 15) is 22.8 Å². The fourth-order valence-corrected chi connectivity index (χ4v) is 2.58. The number of pyridine rings is 1. The van der Waals surface area contributed by atoms with Crippen LogP contribution in [0.2, 0.25) is 0 Å². The van der Waals surface area contributed by atoms with Crippen molar-refractivity contribution in [2.75, 3.05) is 14.2 Å². The molecule has 0 N–H and O–H groups in total. The van der Waals surface area contributed by atoms with Crippen LogP contribution in [0.5, 0.6) is 11.6 Å². The lowest BCUT2D eigenvalue weighted by Gasteiger charge is -2.09. The van der Waals surface area contributed by atoms with Gasteiger partial charge in [-0.1, -0.05) is 5.16 Å². The molecule has 0 aliphatic carbocycles. The number of ether oxygens (including phenoxy) is 3. The highest BCUT2D eigenvalue weighted by molar-refractivity contribution is 5.95. The standard InChI is InChI=1S/C20H16F3N3O6/c1-29-18(27)14(19(28)30-2)9-16-25-17(26-32-16)11-3-6-13(7-4-11)31-15-8-5-12(10-24-15)20(21,22)23/h3-8,10,14H,9H2,1-2H3. The number of hydrogen-bond acceptors (Lipinski definition) is 9. The average molecular weight is 451 g/mol. The normalized spacial score (nSPS) is 11.3. The summed E-state index contributed by atoms with van der Waals surface area (Å²) in [5, 5.41) is 3.81. The van der Waals surface area contributed by atoms with Gasteiger partial charge in [-0.3, -0.25) is 9.59 Å². The first-order valence-electron chi connectivity index (χ1n) is 9.01. The summed E-state index contributed by atoms with van der Waals surface area (Å²) in [5.41, 5.74) is -0.352. The summed E-state index contributed by atoms with van der Waals surface area (Å²) in [5.74, 6) is -2.32. The van der Waals surface area contributed by atoms with Gasteiger partial charge in [0.2, 0.25) is 17.6 Å². The second-order valence-corrected chi connectivity index (χ2v) is 6.32. The SMILES string of the molecule is COC(=O)C(Cc1nc(-c2ccc(Oc3ccc(C(F)(F)F)cn3)cc2)no1)C(=O)OC. The Kier molecular flexibility index (Phi) is 6.71. The van der Waals surface area contributed by atoms with E-state index in [-0.39, 0.29) is 24.0 Å². The van der Waals surface area contributed by atoms with Gasteiger partial charge in [0, 0.05) is 17.8 Å². The molecular formula is C20H16F3N3O6. The molecule has 32 heavy (non-hydrogen) atoms. The van der Waals surface area contributed by atoms with E-state index in [2.05, 4.69) is 24.6 Å². The maximum absolute atomic E-state index is 12.6. The maximum Gasteiger partial charge on any atom is 0.417 e. The number of carbonyl (C=O) groups excluding carboxylic acids is 2. The van der Waals surface area contributed by atoms with E-state index in [0.29, 0.717) is 17.5 Å². The number of alkyl halides is 3. The van der Waals surface area contributed by atoms with Crippen LogP contribution in [0.25, 0.3) is 11.4 Å². The predicted molar refractivity (Wildman–Crippen MR) is 100 cm³/mol. The first-order chi connectivity index (χ1) is 15.2. The number of aromatic nitrogens is 3. The van der Waals surface area contributed by atoms with Gasteiger partial charge in [0.15, 0.2) is 5.92 Å². The van der Waals surface area contributed by atoms with E-state index in [4.69, 9.17) is 9.26 Å². The molecule has 168 valence electrons. The highest BCUT2D eigenvalue weighted by Gasteiger charge is 2.32. The van der Waals surface area contributed by atoms with Crippen LogP contribution in [0, 0.1) is 5.92 Å². The first-order valence-corrected chi connectivity index (χ1v) is 9.01. The molecule has 3 aromatic rings. The van der Waals surface area contributed by atoms with E-state index in [1.165, 1.54) is 12.1 Å². The Bertz CT molecular complexity index is 1070. The molecule has 2 heterocycles. The third kappa shape index (κ3) is 5.39. The second kappa shape index (κ2) is 9.45. The summed E-state index contributed by atoms with van der Waals surface area (Å²) in [4.78, 5) is 31.3. The summed E-state index contributed by atoms with van der Waals surface area (Å²) in [6.45, 7) is 0. The Morgan fingerprint density at radius 3 is 2.22 bits per heavy atom.